The van der Waals surface area contributed by atoms with Gasteiger partial charge in [0.1, 0.15) is 0 Å². The lowest BCUT2D eigenvalue weighted by molar-refractivity contribution is 0.346. The number of hydrogen-bond acceptors (Lipinski definition) is 6. The maximum atomic E-state index is 12.8. The van der Waals surface area contributed by atoms with Crippen molar-refractivity contribution in [2.75, 3.05) is 26.2 Å². The van der Waals surface area contributed by atoms with Gasteiger partial charge in [0.05, 0.1) is 15.0 Å². The Kier molecular flexibility index (Phi) is 5.67. The molecule has 0 aromatic heterocycles. The molecule has 2 saturated heterocycles. The van der Waals surface area contributed by atoms with Gasteiger partial charge in [-0.25, -0.2) is 30.4 Å². The second-order valence-electron chi connectivity index (χ2n) is 6.80. The van der Waals surface area contributed by atoms with Crippen LogP contribution in [0, 0.1) is 0 Å². The summed E-state index contributed by atoms with van der Waals surface area (Å²) < 4.78 is 76.3. The molecular weight excluding hydrogens is 414 g/mol. The van der Waals surface area contributed by atoms with E-state index in [2.05, 4.69) is 0 Å². The average Bonchev–Trinajstić information content (AvgIpc) is 3.17. The van der Waals surface area contributed by atoms with Crippen molar-refractivity contribution in [3.63, 3.8) is 0 Å². The molecule has 27 heavy (non-hydrogen) atoms. The number of sulfonamides is 3. The third-order valence-corrected chi connectivity index (χ3v) is 10.1. The van der Waals surface area contributed by atoms with Gasteiger partial charge in [-0.15, -0.1) is 0 Å². The van der Waals surface area contributed by atoms with Crippen molar-refractivity contribution in [1.29, 1.82) is 0 Å². The Bertz CT molecular complexity index is 997. The zero-order chi connectivity index (χ0) is 19.9. The molecule has 0 amide bonds. The van der Waals surface area contributed by atoms with Crippen molar-refractivity contribution in [2.24, 2.45) is 5.14 Å². The van der Waals surface area contributed by atoms with Crippen LogP contribution in [0.2, 0.25) is 0 Å². The van der Waals surface area contributed by atoms with Crippen LogP contribution < -0.4 is 5.14 Å². The highest BCUT2D eigenvalue weighted by Crippen LogP contribution is 2.26. The molecule has 1 aromatic carbocycles. The average molecular weight is 438 g/mol. The fourth-order valence-electron chi connectivity index (χ4n) is 3.40. The van der Waals surface area contributed by atoms with Gasteiger partial charge in [-0.2, -0.15) is 8.61 Å². The molecule has 3 rings (SSSR count). The Morgan fingerprint density at radius 1 is 0.741 bits per heavy atom. The monoisotopic (exact) mass is 437 g/mol. The van der Waals surface area contributed by atoms with Gasteiger partial charge in [-0.3, -0.25) is 0 Å². The zero-order valence-corrected chi connectivity index (χ0v) is 17.1. The highest BCUT2D eigenvalue weighted by atomic mass is 32.2. The van der Waals surface area contributed by atoms with Crippen molar-refractivity contribution in [1.82, 2.24) is 8.61 Å². The van der Waals surface area contributed by atoms with Crippen LogP contribution in [0.3, 0.4) is 0 Å². The Balaban J connectivity index is 1.83. The van der Waals surface area contributed by atoms with Crippen LogP contribution >= 0.6 is 0 Å². The van der Waals surface area contributed by atoms with E-state index in [4.69, 9.17) is 5.14 Å². The van der Waals surface area contributed by atoms with Gasteiger partial charge in [0.2, 0.25) is 30.1 Å². The smallest absolute Gasteiger partial charge is 0.228 e. The standard InChI is InChI=1S/C15H23N3O6S3/c16-25(19,20)15-4-3-11-18(12-15)27(23,24)14-7-5-13(6-8-14)26(21,22)17-9-1-2-10-17/h5-8,15H,1-4,9-12H2,(H2,16,19,20). The van der Waals surface area contributed by atoms with Crippen LogP contribution in [0.1, 0.15) is 25.7 Å². The van der Waals surface area contributed by atoms with E-state index in [0.29, 0.717) is 25.9 Å². The first-order valence-electron chi connectivity index (χ1n) is 8.65. The Labute approximate surface area is 160 Å². The molecule has 0 saturated carbocycles. The van der Waals surface area contributed by atoms with E-state index in [1.165, 1.54) is 28.6 Å². The zero-order valence-electron chi connectivity index (χ0n) is 14.7. The molecule has 0 bridgehead atoms. The number of primary sulfonamides is 1. The maximum Gasteiger partial charge on any atom is 0.243 e. The number of piperidine rings is 1. The lowest BCUT2D eigenvalue weighted by Gasteiger charge is -2.30. The van der Waals surface area contributed by atoms with Crippen LogP contribution in [0.5, 0.6) is 0 Å². The minimum atomic E-state index is -3.93. The first kappa shape index (κ1) is 20.7. The summed E-state index contributed by atoms with van der Waals surface area (Å²) in [6, 6.07) is 5.06. The van der Waals surface area contributed by atoms with E-state index in [-0.39, 0.29) is 22.9 Å². The van der Waals surface area contributed by atoms with Crippen molar-refractivity contribution in [3.8, 4) is 0 Å². The van der Waals surface area contributed by atoms with E-state index in [9.17, 15) is 25.3 Å². The lowest BCUT2D eigenvalue weighted by Crippen LogP contribution is -2.46. The van der Waals surface area contributed by atoms with E-state index >= 15 is 0 Å². The molecule has 0 radical (unpaired) electrons. The molecule has 2 N–H and O–H groups in total. The molecule has 1 atom stereocenters. The fourth-order valence-corrected chi connectivity index (χ4v) is 7.42. The van der Waals surface area contributed by atoms with Crippen molar-refractivity contribution >= 4 is 30.1 Å². The molecule has 2 aliphatic rings. The first-order chi connectivity index (χ1) is 12.5. The van der Waals surface area contributed by atoms with E-state index < -0.39 is 35.3 Å². The molecule has 1 unspecified atom stereocenters. The third kappa shape index (κ3) is 4.20. The molecule has 0 aliphatic carbocycles. The third-order valence-electron chi connectivity index (χ3n) is 4.97. The van der Waals surface area contributed by atoms with Crippen molar-refractivity contribution < 1.29 is 25.3 Å². The highest BCUT2D eigenvalue weighted by Gasteiger charge is 2.35. The fraction of sp³-hybridized carbons (Fsp3) is 0.600. The van der Waals surface area contributed by atoms with Gasteiger partial charge in [-0.05, 0) is 49.9 Å². The number of hydrogen-bond donors (Lipinski definition) is 1. The molecule has 2 heterocycles. The summed E-state index contributed by atoms with van der Waals surface area (Å²) in [5, 5.41) is 4.23. The Hall–Kier alpha value is -1.05. The second-order valence-corrected chi connectivity index (χ2v) is 12.5. The summed E-state index contributed by atoms with van der Waals surface area (Å²) in [6.07, 6.45) is 2.33. The summed E-state index contributed by atoms with van der Waals surface area (Å²) in [4.78, 5) is -0.0256. The SMILES string of the molecule is NS(=O)(=O)C1CCCN(S(=O)(=O)c2ccc(S(=O)(=O)N3CCCC3)cc2)C1. The topological polar surface area (TPSA) is 135 Å². The predicted octanol–water partition coefficient (Wildman–Crippen LogP) is -0.0873. The van der Waals surface area contributed by atoms with E-state index in [1.54, 1.807) is 0 Å². The summed E-state index contributed by atoms with van der Waals surface area (Å²) >= 11 is 0. The highest BCUT2D eigenvalue weighted by molar-refractivity contribution is 7.90. The summed E-state index contributed by atoms with van der Waals surface area (Å²) in [5.41, 5.74) is 0. The van der Waals surface area contributed by atoms with Gasteiger partial charge in [0.25, 0.3) is 0 Å². The van der Waals surface area contributed by atoms with Gasteiger partial charge in [0, 0.05) is 26.2 Å². The summed E-state index contributed by atoms with van der Waals surface area (Å²) in [7, 11) is -11.4. The van der Waals surface area contributed by atoms with E-state index in [0.717, 1.165) is 17.1 Å². The van der Waals surface area contributed by atoms with Gasteiger partial charge >= 0.3 is 0 Å². The maximum absolute atomic E-state index is 12.8. The predicted molar refractivity (Wildman–Crippen MR) is 99.3 cm³/mol. The summed E-state index contributed by atoms with van der Waals surface area (Å²) in [5.74, 6) is 0. The molecule has 12 heteroatoms. The molecular formula is C15H23N3O6S3. The lowest BCUT2D eigenvalue weighted by atomic mass is 10.2. The molecule has 2 fully saturated rings. The van der Waals surface area contributed by atoms with Crippen LogP contribution in [-0.2, 0) is 30.1 Å². The number of nitrogens with two attached hydrogens (primary N) is 1. The molecule has 9 nitrogen and oxygen atoms in total. The minimum absolute atomic E-state index is 0.0457. The number of rotatable bonds is 5. The Morgan fingerprint density at radius 2 is 1.19 bits per heavy atom. The van der Waals surface area contributed by atoms with Crippen LogP contribution in [0.15, 0.2) is 34.1 Å². The van der Waals surface area contributed by atoms with Crippen LogP contribution in [0.4, 0.5) is 0 Å². The quantitative estimate of drug-likeness (QED) is 0.684. The van der Waals surface area contributed by atoms with Crippen molar-refractivity contribution in [3.05, 3.63) is 24.3 Å². The van der Waals surface area contributed by atoms with Crippen LogP contribution in [0.25, 0.3) is 0 Å². The largest absolute Gasteiger partial charge is 0.243 e. The Morgan fingerprint density at radius 3 is 1.67 bits per heavy atom. The van der Waals surface area contributed by atoms with Gasteiger partial charge < -0.3 is 0 Å². The van der Waals surface area contributed by atoms with Crippen molar-refractivity contribution in [2.45, 2.75) is 40.7 Å². The van der Waals surface area contributed by atoms with E-state index in [1.807, 2.05) is 0 Å². The molecule has 2 aliphatic heterocycles. The minimum Gasteiger partial charge on any atom is -0.228 e. The number of nitrogens with zero attached hydrogens (tertiary/aromatic N) is 2. The molecule has 0 spiro atoms. The van der Waals surface area contributed by atoms with Gasteiger partial charge in [-0.1, -0.05) is 0 Å². The number of benzene rings is 1. The second kappa shape index (κ2) is 7.41. The normalized spacial score (nSPS) is 23.5. The molecule has 1 aromatic rings. The summed E-state index contributed by atoms with van der Waals surface area (Å²) in [6.45, 7) is 0.924. The van der Waals surface area contributed by atoms with Crippen LogP contribution in [-0.4, -0.2) is 65.3 Å². The molecule has 152 valence electrons. The van der Waals surface area contributed by atoms with Gasteiger partial charge in [0.15, 0.2) is 0 Å². The first-order valence-corrected chi connectivity index (χ1v) is 13.1.